The zero-order valence-electron chi connectivity index (χ0n) is 17.5. The van der Waals surface area contributed by atoms with E-state index in [-0.39, 0.29) is 6.61 Å². The number of anilines is 1. The monoisotopic (exact) mass is 520 g/mol. The molecule has 1 unspecified atom stereocenters. The smallest absolute Gasteiger partial charge is 0.338 e. The van der Waals surface area contributed by atoms with Crippen LogP contribution in [0.3, 0.4) is 0 Å². The van der Waals surface area contributed by atoms with Crippen LogP contribution in [0.1, 0.15) is 24.1 Å². The molecule has 170 valence electrons. The van der Waals surface area contributed by atoms with E-state index in [4.69, 9.17) is 39.5 Å². The van der Waals surface area contributed by atoms with Crippen molar-refractivity contribution in [1.82, 2.24) is 14.8 Å². The maximum absolute atomic E-state index is 13.0. The molecule has 0 saturated heterocycles. The number of benzene rings is 2. The van der Waals surface area contributed by atoms with Gasteiger partial charge in [0.25, 0.3) is 0 Å². The fraction of sp³-hybridized carbons (Fsp3) is 0.174. The topological polar surface area (TPSA) is 69.0 Å². The first-order valence-electron chi connectivity index (χ1n) is 9.92. The molecule has 4 rings (SSSR count). The lowest BCUT2D eigenvalue weighted by Gasteiger charge is -2.28. The average Bonchev–Trinajstić information content (AvgIpc) is 3.20. The maximum Gasteiger partial charge on any atom is 0.338 e. The highest BCUT2D eigenvalue weighted by atomic mass is 35.5. The van der Waals surface area contributed by atoms with E-state index in [1.165, 1.54) is 17.8 Å². The summed E-state index contributed by atoms with van der Waals surface area (Å²) < 4.78 is 7.01. The van der Waals surface area contributed by atoms with Crippen molar-refractivity contribution >= 4 is 58.5 Å². The molecule has 0 amide bonds. The van der Waals surface area contributed by atoms with Crippen LogP contribution in [0.5, 0.6) is 0 Å². The van der Waals surface area contributed by atoms with Gasteiger partial charge in [-0.25, -0.2) is 9.48 Å². The minimum absolute atomic E-state index is 0.0901. The molecule has 1 aliphatic heterocycles. The van der Waals surface area contributed by atoms with Gasteiger partial charge in [0, 0.05) is 16.5 Å². The Bertz CT molecular complexity index is 1260. The largest absolute Gasteiger partial charge is 0.458 e. The molecule has 1 N–H and O–H groups in total. The molecule has 1 atom stereocenters. The predicted octanol–water partition coefficient (Wildman–Crippen LogP) is 6.55. The number of aromatic nitrogens is 3. The Morgan fingerprint density at radius 1 is 1.21 bits per heavy atom. The van der Waals surface area contributed by atoms with Gasteiger partial charge in [0.05, 0.1) is 15.6 Å². The van der Waals surface area contributed by atoms with Gasteiger partial charge in [-0.15, -0.1) is 5.10 Å². The first-order chi connectivity index (χ1) is 15.9. The molecule has 3 aromatic rings. The van der Waals surface area contributed by atoms with Crippen LogP contribution in [-0.2, 0) is 15.3 Å². The van der Waals surface area contributed by atoms with E-state index in [1.54, 1.807) is 29.8 Å². The number of nitrogens with one attached hydrogen (secondary N) is 1. The highest BCUT2D eigenvalue weighted by Crippen LogP contribution is 2.39. The van der Waals surface area contributed by atoms with Crippen LogP contribution in [0.2, 0.25) is 15.1 Å². The number of halogens is 3. The summed E-state index contributed by atoms with van der Waals surface area (Å²) in [7, 11) is 0. The molecule has 0 bridgehead atoms. The quantitative estimate of drug-likeness (QED) is 0.216. The lowest BCUT2D eigenvalue weighted by Crippen LogP contribution is -2.29. The molecule has 0 saturated carbocycles. The number of carbonyl (C=O) groups is 1. The predicted molar refractivity (Wildman–Crippen MR) is 133 cm³/mol. The molecule has 6 nitrogen and oxygen atoms in total. The van der Waals surface area contributed by atoms with Crippen LogP contribution >= 0.6 is 46.6 Å². The maximum atomic E-state index is 13.0. The van der Waals surface area contributed by atoms with Gasteiger partial charge in [-0.1, -0.05) is 83.5 Å². The lowest BCUT2D eigenvalue weighted by molar-refractivity contribution is -0.138. The van der Waals surface area contributed by atoms with E-state index < -0.39 is 12.0 Å². The zero-order chi connectivity index (χ0) is 23.5. The van der Waals surface area contributed by atoms with Crippen LogP contribution < -0.4 is 5.32 Å². The molecule has 10 heteroatoms. The van der Waals surface area contributed by atoms with Gasteiger partial charge >= 0.3 is 5.97 Å². The van der Waals surface area contributed by atoms with Crippen molar-refractivity contribution in [1.29, 1.82) is 0 Å². The molecule has 1 aromatic heterocycles. The molecular weight excluding hydrogens is 503 g/mol. The van der Waals surface area contributed by atoms with E-state index in [2.05, 4.69) is 22.0 Å². The molecular formula is C23H19Cl3N4O2S. The number of esters is 1. The minimum atomic E-state index is -0.601. The highest BCUT2D eigenvalue weighted by Gasteiger charge is 2.35. The number of hydrogen-bond donors (Lipinski definition) is 1. The summed E-state index contributed by atoms with van der Waals surface area (Å²) >= 11 is 20.1. The zero-order valence-corrected chi connectivity index (χ0v) is 20.6. The normalized spacial score (nSPS) is 15.1. The van der Waals surface area contributed by atoms with E-state index in [9.17, 15) is 4.79 Å². The Morgan fingerprint density at radius 3 is 2.73 bits per heavy atom. The Labute approximate surface area is 210 Å². The molecule has 33 heavy (non-hydrogen) atoms. The van der Waals surface area contributed by atoms with Gasteiger partial charge in [0.2, 0.25) is 11.1 Å². The Morgan fingerprint density at radius 2 is 2.00 bits per heavy atom. The third-order valence-corrected chi connectivity index (χ3v) is 6.95. The number of ether oxygens (including phenoxy) is 1. The fourth-order valence-corrected chi connectivity index (χ4v) is 4.84. The summed E-state index contributed by atoms with van der Waals surface area (Å²) in [5, 5.41) is 9.86. The van der Waals surface area contributed by atoms with Crippen LogP contribution in [-0.4, -0.2) is 27.3 Å². The summed E-state index contributed by atoms with van der Waals surface area (Å²) in [4.78, 5) is 17.6. The molecule has 2 heterocycles. The van der Waals surface area contributed by atoms with Crippen molar-refractivity contribution < 1.29 is 9.53 Å². The molecule has 0 aliphatic carbocycles. The Kier molecular flexibility index (Phi) is 7.34. The number of carbonyl (C=O) groups excluding carboxylic acids is 1. The van der Waals surface area contributed by atoms with Crippen molar-refractivity contribution in [2.24, 2.45) is 0 Å². The first-order valence-corrected chi connectivity index (χ1v) is 12.0. The standard InChI is InChI=1S/C23H19Cl3N4O2S/c1-3-10-32-21(31)19-13(2)27-22-28-23(33-12-15-6-4-5-7-16(15)24)29-30(22)20(19)14-8-9-17(25)18(26)11-14/h3-9,11,20H,1,10,12H2,2H3,(H,27,28,29). The van der Waals surface area contributed by atoms with Gasteiger partial charge in [-0.05, 0) is 36.2 Å². The van der Waals surface area contributed by atoms with E-state index >= 15 is 0 Å². The number of thioether (sulfide) groups is 1. The van der Waals surface area contributed by atoms with E-state index in [1.807, 2.05) is 24.3 Å². The SMILES string of the molecule is C=CCOC(=O)C1=C(C)Nc2nc(SCc3ccccc3Cl)nn2C1c1ccc(Cl)c(Cl)c1. The van der Waals surface area contributed by atoms with Crippen molar-refractivity contribution in [3.63, 3.8) is 0 Å². The van der Waals surface area contributed by atoms with E-state index in [0.29, 0.717) is 43.2 Å². The summed E-state index contributed by atoms with van der Waals surface area (Å²) in [5.74, 6) is 0.620. The van der Waals surface area contributed by atoms with Crippen molar-refractivity contribution in [2.45, 2.75) is 23.9 Å². The first kappa shape index (κ1) is 23.7. The number of rotatable bonds is 7. The summed E-state index contributed by atoms with van der Waals surface area (Å²) in [6.45, 7) is 5.49. The lowest BCUT2D eigenvalue weighted by atomic mass is 9.96. The minimum Gasteiger partial charge on any atom is -0.458 e. The molecule has 2 aromatic carbocycles. The second kappa shape index (κ2) is 10.2. The fourth-order valence-electron chi connectivity index (χ4n) is 3.42. The summed E-state index contributed by atoms with van der Waals surface area (Å²) in [6.07, 6.45) is 1.52. The van der Waals surface area contributed by atoms with Crippen molar-refractivity contribution in [3.05, 3.63) is 92.6 Å². The van der Waals surface area contributed by atoms with E-state index in [0.717, 1.165) is 11.1 Å². The highest BCUT2D eigenvalue weighted by molar-refractivity contribution is 7.98. The van der Waals surface area contributed by atoms with Crippen molar-refractivity contribution in [2.75, 3.05) is 11.9 Å². The molecule has 1 aliphatic rings. The van der Waals surface area contributed by atoms with Crippen LogP contribution in [0.25, 0.3) is 0 Å². The Hall–Kier alpha value is -2.45. The molecule has 0 spiro atoms. The molecule has 0 fully saturated rings. The van der Waals surface area contributed by atoms with Gasteiger partial charge < -0.3 is 10.1 Å². The number of allylic oxidation sites excluding steroid dienone is 1. The Balaban J connectivity index is 1.72. The molecule has 0 radical (unpaired) electrons. The average molecular weight is 522 g/mol. The van der Waals surface area contributed by atoms with Crippen molar-refractivity contribution in [3.8, 4) is 0 Å². The van der Waals surface area contributed by atoms with Crippen LogP contribution in [0.4, 0.5) is 5.95 Å². The van der Waals surface area contributed by atoms with Gasteiger partial charge in [0.1, 0.15) is 12.6 Å². The van der Waals surface area contributed by atoms with Crippen LogP contribution in [0.15, 0.2) is 71.5 Å². The number of hydrogen-bond acceptors (Lipinski definition) is 6. The summed E-state index contributed by atoms with van der Waals surface area (Å²) in [6, 6.07) is 12.2. The number of nitrogens with zero attached hydrogens (tertiary/aromatic N) is 3. The third-order valence-electron chi connectivity index (χ3n) is 4.96. The number of fused-ring (bicyclic) bond motifs is 1. The summed E-state index contributed by atoms with van der Waals surface area (Å²) in [5.41, 5.74) is 2.72. The third kappa shape index (κ3) is 5.06. The van der Waals surface area contributed by atoms with Gasteiger partial charge in [-0.3, -0.25) is 0 Å². The van der Waals surface area contributed by atoms with Gasteiger partial charge in [0.15, 0.2) is 0 Å². The second-order valence-corrected chi connectivity index (χ2v) is 9.33. The second-order valence-electron chi connectivity index (χ2n) is 7.17. The van der Waals surface area contributed by atoms with Crippen LogP contribution in [0, 0.1) is 0 Å². The van der Waals surface area contributed by atoms with Gasteiger partial charge in [-0.2, -0.15) is 4.98 Å².